The van der Waals surface area contributed by atoms with Crippen LogP contribution in [-0.2, 0) is 4.79 Å². The van der Waals surface area contributed by atoms with Gasteiger partial charge in [-0.25, -0.2) is 0 Å². The van der Waals surface area contributed by atoms with E-state index >= 15 is 0 Å². The Balaban J connectivity index is 2.33. The largest absolute Gasteiger partial charge is 0.371 e. The summed E-state index contributed by atoms with van der Waals surface area (Å²) in [5.74, 6) is -0.278. The van der Waals surface area contributed by atoms with Crippen molar-refractivity contribution < 1.29 is 4.79 Å². The van der Waals surface area contributed by atoms with Gasteiger partial charge in [-0.05, 0) is 48.9 Å². The van der Waals surface area contributed by atoms with Crippen molar-refractivity contribution in [2.75, 3.05) is 5.32 Å². The van der Waals surface area contributed by atoms with Gasteiger partial charge < -0.3 is 11.1 Å². The lowest BCUT2D eigenvalue weighted by Gasteiger charge is -2.40. The monoisotopic (exact) mass is 266 g/mol. The second-order valence-electron chi connectivity index (χ2n) is 5.64. The Morgan fingerprint density at radius 3 is 2.33 bits per heavy atom. The number of hydrogen-bond donors (Lipinski definition) is 2. The van der Waals surface area contributed by atoms with Gasteiger partial charge in [0.15, 0.2) is 0 Å². The van der Waals surface area contributed by atoms with Gasteiger partial charge in [-0.2, -0.15) is 0 Å². The second-order valence-corrected chi connectivity index (χ2v) is 6.08. The third-order valence-corrected chi connectivity index (χ3v) is 4.38. The number of anilines is 1. The van der Waals surface area contributed by atoms with Crippen LogP contribution >= 0.6 is 11.6 Å². The molecule has 0 bridgehead atoms. The Morgan fingerprint density at radius 1 is 1.28 bits per heavy atom. The zero-order valence-corrected chi connectivity index (χ0v) is 11.6. The minimum atomic E-state index is -0.666. The minimum Gasteiger partial charge on any atom is -0.371 e. The SMILES string of the molecule is CC1(C)CCCC1(Nc1ccc(Cl)cc1)C(N)=O. The molecule has 0 radical (unpaired) electrons. The number of halogens is 1. The number of benzene rings is 1. The van der Waals surface area contributed by atoms with E-state index in [0.29, 0.717) is 5.02 Å². The summed E-state index contributed by atoms with van der Waals surface area (Å²) in [6.45, 7) is 4.18. The van der Waals surface area contributed by atoms with E-state index < -0.39 is 5.54 Å². The fraction of sp³-hybridized carbons (Fsp3) is 0.500. The number of amides is 1. The number of carbonyl (C=O) groups excluding carboxylic acids is 1. The number of primary amides is 1. The van der Waals surface area contributed by atoms with Gasteiger partial charge in [-0.1, -0.05) is 25.4 Å². The van der Waals surface area contributed by atoms with E-state index in [0.717, 1.165) is 24.9 Å². The molecule has 0 aliphatic heterocycles. The first-order valence-corrected chi connectivity index (χ1v) is 6.59. The van der Waals surface area contributed by atoms with Crippen LogP contribution in [0.4, 0.5) is 5.69 Å². The van der Waals surface area contributed by atoms with Crippen LogP contribution in [0.2, 0.25) is 5.02 Å². The van der Waals surface area contributed by atoms with Crippen molar-refractivity contribution >= 4 is 23.2 Å². The summed E-state index contributed by atoms with van der Waals surface area (Å²) < 4.78 is 0. The number of nitrogens with one attached hydrogen (secondary N) is 1. The van der Waals surface area contributed by atoms with Crippen LogP contribution < -0.4 is 11.1 Å². The molecule has 1 atom stereocenters. The van der Waals surface area contributed by atoms with Gasteiger partial charge in [-0.15, -0.1) is 0 Å². The van der Waals surface area contributed by atoms with Gasteiger partial charge in [0.1, 0.15) is 5.54 Å². The number of hydrogen-bond acceptors (Lipinski definition) is 2. The van der Waals surface area contributed by atoms with E-state index in [4.69, 9.17) is 17.3 Å². The molecular formula is C14H19ClN2O. The van der Waals surface area contributed by atoms with Crippen LogP contribution in [0.25, 0.3) is 0 Å². The second kappa shape index (κ2) is 4.47. The van der Waals surface area contributed by atoms with E-state index in [1.165, 1.54) is 0 Å². The van der Waals surface area contributed by atoms with E-state index in [9.17, 15) is 4.79 Å². The lowest BCUT2D eigenvalue weighted by molar-refractivity contribution is -0.125. The molecule has 0 spiro atoms. The lowest BCUT2D eigenvalue weighted by Crippen LogP contribution is -2.57. The van der Waals surface area contributed by atoms with Gasteiger partial charge in [-0.3, -0.25) is 4.79 Å². The molecule has 4 heteroatoms. The Bertz CT molecular complexity index is 455. The van der Waals surface area contributed by atoms with Crippen LogP contribution in [0.5, 0.6) is 0 Å². The van der Waals surface area contributed by atoms with Gasteiger partial charge in [0.05, 0.1) is 0 Å². The van der Waals surface area contributed by atoms with Gasteiger partial charge in [0, 0.05) is 10.7 Å². The van der Waals surface area contributed by atoms with Crippen molar-refractivity contribution in [2.24, 2.45) is 11.1 Å². The molecule has 1 aliphatic carbocycles. The maximum Gasteiger partial charge on any atom is 0.243 e. The summed E-state index contributed by atoms with van der Waals surface area (Å²) in [5.41, 5.74) is 5.73. The quantitative estimate of drug-likeness (QED) is 0.883. The van der Waals surface area contributed by atoms with Crippen molar-refractivity contribution in [1.29, 1.82) is 0 Å². The van der Waals surface area contributed by atoms with E-state index in [-0.39, 0.29) is 11.3 Å². The average Bonchev–Trinajstić information content (AvgIpc) is 2.58. The Labute approximate surface area is 113 Å². The Hall–Kier alpha value is -1.22. The maximum absolute atomic E-state index is 11.9. The molecule has 1 amide bonds. The topological polar surface area (TPSA) is 55.1 Å². The van der Waals surface area contributed by atoms with Crippen LogP contribution in [0.1, 0.15) is 33.1 Å². The Kier molecular flexibility index (Phi) is 3.28. The molecule has 1 fully saturated rings. The highest BCUT2D eigenvalue weighted by Gasteiger charge is 2.53. The van der Waals surface area contributed by atoms with E-state index in [1.807, 2.05) is 12.1 Å². The highest BCUT2D eigenvalue weighted by atomic mass is 35.5. The summed E-state index contributed by atoms with van der Waals surface area (Å²) in [6.07, 6.45) is 2.78. The zero-order chi connectivity index (χ0) is 13.4. The molecule has 1 aromatic rings. The van der Waals surface area contributed by atoms with Crippen LogP contribution in [-0.4, -0.2) is 11.4 Å². The molecule has 0 saturated heterocycles. The average molecular weight is 267 g/mol. The molecule has 1 unspecified atom stereocenters. The highest BCUT2D eigenvalue weighted by Crippen LogP contribution is 2.47. The number of nitrogens with two attached hydrogens (primary N) is 1. The number of rotatable bonds is 3. The number of carbonyl (C=O) groups is 1. The van der Waals surface area contributed by atoms with Gasteiger partial charge in [0.2, 0.25) is 5.91 Å². The Morgan fingerprint density at radius 2 is 1.89 bits per heavy atom. The summed E-state index contributed by atoms with van der Waals surface area (Å²) in [6, 6.07) is 7.36. The maximum atomic E-state index is 11.9. The molecule has 1 aromatic carbocycles. The molecule has 1 saturated carbocycles. The molecule has 1 aliphatic rings. The molecule has 0 aromatic heterocycles. The summed E-state index contributed by atoms with van der Waals surface area (Å²) in [5, 5.41) is 4.02. The third-order valence-electron chi connectivity index (χ3n) is 4.13. The molecule has 2 rings (SSSR count). The first-order chi connectivity index (χ1) is 8.37. The molecule has 98 valence electrons. The molecule has 3 N–H and O–H groups in total. The summed E-state index contributed by atoms with van der Waals surface area (Å²) in [7, 11) is 0. The first kappa shape index (κ1) is 13.2. The van der Waals surface area contributed by atoms with Gasteiger partial charge in [0.25, 0.3) is 0 Å². The summed E-state index contributed by atoms with van der Waals surface area (Å²) in [4.78, 5) is 11.9. The predicted octanol–water partition coefficient (Wildman–Crippen LogP) is 3.19. The van der Waals surface area contributed by atoms with Crippen LogP contribution in [0, 0.1) is 5.41 Å². The van der Waals surface area contributed by atoms with Crippen molar-refractivity contribution in [3.63, 3.8) is 0 Å². The fourth-order valence-electron chi connectivity index (χ4n) is 2.88. The van der Waals surface area contributed by atoms with E-state index in [1.54, 1.807) is 12.1 Å². The molecule has 0 heterocycles. The minimum absolute atomic E-state index is 0.140. The molecular weight excluding hydrogens is 248 g/mol. The van der Waals surface area contributed by atoms with Crippen LogP contribution in [0.3, 0.4) is 0 Å². The normalized spacial score (nSPS) is 25.9. The van der Waals surface area contributed by atoms with Crippen molar-refractivity contribution in [2.45, 2.75) is 38.6 Å². The first-order valence-electron chi connectivity index (χ1n) is 6.21. The van der Waals surface area contributed by atoms with Crippen LogP contribution in [0.15, 0.2) is 24.3 Å². The zero-order valence-electron chi connectivity index (χ0n) is 10.8. The highest BCUT2D eigenvalue weighted by molar-refractivity contribution is 6.30. The molecule has 18 heavy (non-hydrogen) atoms. The van der Waals surface area contributed by atoms with Crippen molar-refractivity contribution in [3.05, 3.63) is 29.3 Å². The van der Waals surface area contributed by atoms with Crippen molar-refractivity contribution in [3.8, 4) is 0 Å². The predicted molar refractivity (Wildman–Crippen MR) is 74.6 cm³/mol. The standard InChI is InChI=1S/C14H19ClN2O/c1-13(2)8-3-9-14(13,12(16)18)17-11-6-4-10(15)5-7-11/h4-7,17H,3,8-9H2,1-2H3,(H2,16,18). The van der Waals surface area contributed by atoms with Crippen molar-refractivity contribution in [1.82, 2.24) is 0 Å². The fourth-order valence-corrected chi connectivity index (χ4v) is 3.00. The summed E-state index contributed by atoms with van der Waals surface area (Å²) >= 11 is 5.86. The smallest absolute Gasteiger partial charge is 0.243 e. The van der Waals surface area contributed by atoms with E-state index in [2.05, 4.69) is 19.2 Å². The lowest BCUT2D eigenvalue weighted by atomic mass is 9.74. The third kappa shape index (κ3) is 2.07. The molecule has 3 nitrogen and oxygen atoms in total. The van der Waals surface area contributed by atoms with Gasteiger partial charge >= 0.3 is 0 Å².